The van der Waals surface area contributed by atoms with E-state index in [1.165, 1.54) is 22.5 Å². The van der Waals surface area contributed by atoms with Crippen molar-refractivity contribution in [3.63, 3.8) is 0 Å². The molecule has 5 rings (SSSR count). The Hall–Kier alpha value is -3.19. The number of rotatable bonds is 2. The lowest BCUT2D eigenvalue weighted by Gasteiger charge is -2.19. The summed E-state index contributed by atoms with van der Waals surface area (Å²) in [4.78, 5) is 31.8. The molecule has 1 amide bonds. The van der Waals surface area contributed by atoms with Crippen molar-refractivity contribution in [3.8, 4) is 0 Å². The molecule has 4 aromatic rings. The summed E-state index contributed by atoms with van der Waals surface area (Å²) < 4.78 is 11.3. The molecule has 25 heavy (non-hydrogen) atoms. The topological polar surface area (TPSA) is 76.6 Å². The third kappa shape index (κ3) is 1.93. The Bertz CT molecular complexity index is 1150. The van der Waals surface area contributed by atoms with Crippen molar-refractivity contribution in [2.75, 3.05) is 4.90 Å². The molecule has 0 N–H and O–H groups in total. The van der Waals surface area contributed by atoms with Gasteiger partial charge in [-0.2, -0.15) is 0 Å². The van der Waals surface area contributed by atoms with Crippen molar-refractivity contribution < 1.29 is 13.6 Å². The lowest BCUT2D eigenvalue weighted by molar-refractivity contribution is 0.0969. The van der Waals surface area contributed by atoms with Crippen LogP contribution in [0.25, 0.3) is 11.0 Å². The van der Waals surface area contributed by atoms with Gasteiger partial charge in [0.15, 0.2) is 10.6 Å². The number of furan rings is 1. The van der Waals surface area contributed by atoms with Gasteiger partial charge in [0.2, 0.25) is 5.76 Å². The first kappa shape index (κ1) is 14.2. The smallest absolute Gasteiger partial charge is 0.297 e. The fourth-order valence-corrected chi connectivity index (χ4v) is 3.83. The van der Waals surface area contributed by atoms with Crippen LogP contribution in [0.4, 0.5) is 5.13 Å². The maximum atomic E-state index is 13.1. The predicted octanol–water partition coefficient (Wildman–Crippen LogP) is 3.59. The molecule has 3 aromatic heterocycles. The van der Waals surface area contributed by atoms with E-state index < -0.39 is 11.9 Å². The SMILES string of the molecule is O=C1c2oc3ccccc3c(=O)c2[C@H](c2ccco2)N1c1nccs1. The standard InChI is InChI=1S/C18H10N2O4S/c21-15-10-4-1-2-5-11(10)24-16-13(15)14(12-6-3-8-23-12)20(17(16)22)18-19-7-9-25-18/h1-9,14H/t14-/m0/s1. The molecule has 1 aliphatic rings. The van der Waals surface area contributed by atoms with E-state index in [0.29, 0.717) is 21.9 Å². The normalized spacial score (nSPS) is 16.6. The van der Waals surface area contributed by atoms with E-state index in [0.717, 1.165) is 0 Å². The molecule has 0 aliphatic carbocycles. The van der Waals surface area contributed by atoms with E-state index in [9.17, 15) is 9.59 Å². The Morgan fingerprint density at radius 3 is 2.76 bits per heavy atom. The summed E-state index contributed by atoms with van der Waals surface area (Å²) >= 11 is 1.31. The summed E-state index contributed by atoms with van der Waals surface area (Å²) in [5.74, 6) is 0.138. The summed E-state index contributed by atoms with van der Waals surface area (Å²) in [5.41, 5.74) is 0.443. The highest BCUT2D eigenvalue weighted by atomic mass is 32.1. The highest BCUT2D eigenvalue weighted by Crippen LogP contribution is 2.41. The summed E-state index contributed by atoms with van der Waals surface area (Å²) in [6.45, 7) is 0. The van der Waals surface area contributed by atoms with E-state index in [4.69, 9.17) is 8.83 Å². The van der Waals surface area contributed by atoms with Crippen molar-refractivity contribution in [2.24, 2.45) is 0 Å². The minimum atomic E-state index is -0.690. The molecule has 1 aromatic carbocycles. The number of benzene rings is 1. The maximum absolute atomic E-state index is 13.1. The van der Waals surface area contributed by atoms with Crippen molar-refractivity contribution >= 4 is 33.3 Å². The molecule has 1 atom stereocenters. The van der Waals surface area contributed by atoms with Crippen molar-refractivity contribution in [1.29, 1.82) is 0 Å². The third-order valence-electron chi connectivity index (χ3n) is 4.22. The number of hydrogen-bond acceptors (Lipinski definition) is 6. The summed E-state index contributed by atoms with van der Waals surface area (Å²) in [5, 5.41) is 2.70. The average molecular weight is 350 g/mol. The van der Waals surface area contributed by atoms with Crippen LogP contribution in [0.15, 0.2) is 67.9 Å². The first-order chi connectivity index (χ1) is 12.3. The molecule has 0 fully saturated rings. The molecule has 1 aliphatic heterocycles. The van der Waals surface area contributed by atoms with Crippen molar-refractivity contribution in [3.05, 3.63) is 81.5 Å². The second-order valence-electron chi connectivity index (χ2n) is 5.58. The number of anilines is 1. The molecule has 0 saturated heterocycles. The zero-order valence-electron chi connectivity index (χ0n) is 12.7. The van der Waals surface area contributed by atoms with Gasteiger partial charge in [0, 0.05) is 11.6 Å². The number of thiazole rings is 1. The molecule has 0 saturated carbocycles. The van der Waals surface area contributed by atoms with Crippen LogP contribution in [0.1, 0.15) is 27.9 Å². The van der Waals surface area contributed by atoms with Gasteiger partial charge in [-0.05, 0) is 24.3 Å². The van der Waals surface area contributed by atoms with Crippen LogP contribution in [0.5, 0.6) is 0 Å². The average Bonchev–Trinajstić information content (AvgIpc) is 3.36. The molecule has 0 radical (unpaired) electrons. The van der Waals surface area contributed by atoms with Crippen LogP contribution in [-0.2, 0) is 0 Å². The lowest BCUT2D eigenvalue weighted by atomic mass is 10.0. The lowest BCUT2D eigenvalue weighted by Crippen LogP contribution is -2.29. The number of para-hydroxylation sites is 1. The minimum Gasteiger partial charge on any atom is -0.467 e. The fraction of sp³-hybridized carbons (Fsp3) is 0.0556. The number of nitrogens with zero attached hydrogens (tertiary/aromatic N) is 2. The quantitative estimate of drug-likeness (QED) is 0.552. The number of carbonyl (C=O) groups is 1. The molecule has 122 valence electrons. The molecule has 7 heteroatoms. The molecular weight excluding hydrogens is 340 g/mol. The largest absolute Gasteiger partial charge is 0.467 e. The Kier molecular flexibility index (Phi) is 2.92. The van der Waals surface area contributed by atoms with E-state index in [1.54, 1.807) is 48.0 Å². The van der Waals surface area contributed by atoms with Crippen LogP contribution in [0, 0.1) is 0 Å². The van der Waals surface area contributed by atoms with Crippen molar-refractivity contribution in [2.45, 2.75) is 6.04 Å². The highest BCUT2D eigenvalue weighted by Gasteiger charge is 2.46. The first-order valence-corrected chi connectivity index (χ1v) is 8.46. The van der Waals surface area contributed by atoms with Gasteiger partial charge in [0.1, 0.15) is 17.4 Å². The van der Waals surface area contributed by atoms with Gasteiger partial charge in [-0.15, -0.1) is 11.3 Å². The van der Waals surface area contributed by atoms with E-state index >= 15 is 0 Å². The fourth-order valence-electron chi connectivity index (χ4n) is 3.17. The van der Waals surface area contributed by atoms with E-state index in [2.05, 4.69) is 4.98 Å². The van der Waals surface area contributed by atoms with E-state index in [-0.39, 0.29) is 16.8 Å². The zero-order valence-corrected chi connectivity index (χ0v) is 13.5. The molecule has 4 heterocycles. The first-order valence-electron chi connectivity index (χ1n) is 7.58. The van der Waals surface area contributed by atoms with Crippen LogP contribution in [0.3, 0.4) is 0 Å². The maximum Gasteiger partial charge on any atom is 0.297 e. The molecule has 0 unspecified atom stereocenters. The summed E-state index contributed by atoms with van der Waals surface area (Å²) in [6.07, 6.45) is 3.13. The number of carbonyl (C=O) groups excluding carboxylic acids is 1. The van der Waals surface area contributed by atoms with Gasteiger partial charge in [-0.25, -0.2) is 4.98 Å². The third-order valence-corrected chi connectivity index (χ3v) is 4.99. The summed E-state index contributed by atoms with van der Waals surface area (Å²) in [6, 6.07) is 9.67. The van der Waals surface area contributed by atoms with Crippen LogP contribution in [-0.4, -0.2) is 10.9 Å². The van der Waals surface area contributed by atoms with Gasteiger partial charge < -0.3 is 8.83 Å². The Labute approximate surface area is 144 Å². The Morgan fingerprint density at radius 1 is 1.12 bits per heavy atom. The second kappa shape index (κ2) is 5.15. The molecule has 0 spiro atoms. The molecule has 0 bridgehead atoms. The zero-order chi connectivity index (χ0) is 17.0. The molecular formula is C18H10N2O4S. The van der Waals surface area contributed by atoms with Gasteiger partial charge in [0.25, 0.3) is 5.91 Å². The van der Waals surface area contributed by atoms with Crippen LogP contribution in [0.2, 0.25) is 0 Å². The number of fused-ring (bicyclic) bond motifs is 2. The minimum absolute atomic E-state index is 0.0419. The van der Waals surface area contributed by atoms with Crippen LogP contribution >= 0.6 is 11.3 Å². The molecule has 6 nitrogen and oxygen atoms in total. The van der Waals surface area contributed by atoms with E-state index in [1.807, 2.05) is 0 Å². The number of amides is 1. The van der Waals surface area contributed by atoms with Crippen LogP contribution < -0.4 is 10.3 Å². The van der Waals surface area contributed by atoms with Gasteiger partial charge in [-0.3, -0.25) is 14.5 Å². The van der Waals surface area contributed by atoms with Gasteiger partial charge in [-0.1, -0.05) is 12.1 Å². The number of hydrogen-bond donors (Lipinski definition) is 0. The monoisotopic (exact) mass is 350 g/mol. The Morgan fingerprint density at radius 2 is 2.00 bits per heavy atom. The highest BCUT2D eigenvalue weighted by molar-refractivity contribution is 7.13. The van der Waals surface area contributed by atoms with Crippen molar-refractivity contribution in [1.82, 2.24) is 4.98 Å². The Balaban J connectivity index is 1.85. The number of aromatic nitrogens is 1. The van der Waals surface area contributed by atoms with Gasteiger partial charge in [0.05, 0.1) is 17.2 Å². The second-order valence-corrected chi connectivity index (χ2v) is 6.45. The predicted molar refractivity (Wildman–Crippen MR) is 92.0 cm³/mol. The summed E-state index contributed by atoms with van der Waals surface area (Å²) in [7, 11) is 0. The van der Waals surface area contributed by atoms with Gasteiger partial charge >= 0.3 is 0 Å².